The number of aromatic nitrogens is 4. The van der Waals surface area contributed by atoms with Crippen molar-refractivity contribution in [2.75, 3.05) is 13.2 Å². The van der Waals surface area contributed by atoms with E-state index >= 15 is 0 Å². The van der Waals surface area contributed by atoms with Gasteiger partial charge in [-0.3, -0.25) is 4.68 Å². The lowest BCUT2D eigenvalue weighted by atomic mass is 10.1. The minimum absolute atomic E-state index is 0.130. The maximum Gasteiger partial charge on any atom is 0.214 e. The third-order valence-corrected chi connectivity index (χ3v) is 5.60. The van der Waals surface area contributed by atoms with E-state index in [0.717, 1.165) is 12.8 Å². The van der Waals surface area contributed by atoms with Crippen molar-refractivity contribution in [3.05, 3.63) is 65.4 Å². The van der Waals surface area contributed by atoms with Gasteiger partial charge >= 0.3 is 0 Å². The number of ether oxygens (including phenoxy) is 2. The number of fused-ring (bicyclic) bond motifs is 1. The van der Waals surface area contributed by atoms with Gasteiger partial charge in [-0.15, -0.1) is 0 Å². The molecule has 2 aromatic heterocycles. The van der Waals surface area contributed by atoms with E-state index < -0.39 is 11.6 Å². The molecular weight excluding hydrogens is 430 g/mol. The molecule has 0 amide bonds. The van der Waals surface area contributed by atoms with Gasteiger partial charge in [0.05, 0.1) is 30.5 Å². The lowest BCUT2D eigenvalue weighted by Gasteiger charge is -2.10. The van der Waals surface area contributed by atoms with Gasteiger partial charge in [-0.05, 0) is 25.8 Å². The molecule has 1 aliphatic rings. The number of halogens is 2. The van der Waals surface area contributed by atoms with Gasteiger partial charge in [-0.25, -0.2) is 13.8 Å². The highest BCUT2D eigenvalue weighted by Crippen LogP contribution is 2.32. The average molecular weight is 452 g/mol. The highest BCUT2D eigenvalue weighted by atomic mass is 19.1. The van der Waals surface area contributed by atoms with Crippen LogP contribution in [-0.4, -0.2) is 38.1 Å². The van der Waals surface area contributed by atoms with Crippen molar-refractivity contribution in [2.45, 2.75) is 32.4 Å². The number of aromatic hydroxyl groups is 1. The third kappa shape index (κ3) is 4.11. The van der Waals surface area contributed by atoms with E-state index in [1.165, 1.54) is 22.9 Å². The van der Waals surface area contributed by atoms with E-state index in [1.54, 1.807) is 13.0 Å². The molecule has 1 fully saturated rings. The largest absolute Gasteiger partial charge is 0.494 e. The maximum atomic E-state index is 14.7. The minimum atomic E-state index is -0.714. The molecule has 9 heteroatoms. The topological polar surface area (TPSA) is 82.3 Å². The highest BCUT2D eigenvalue weighted by Gasteiger charge is 2.23. The first-order chi connectivity index (χ1) is 16.0. The summed E-state index contributed by atoms with van der Waals surface area (Å²) < 4.78 is 41.8. The van der Waals surface area contributed by atoms with Crippen LogP contribution in [0.5, 0.6) is 11.6 Å². The van der Waals surface area contributed by atoms with Gasteiger partial charge in [0, 0.05) is 35.8 Å². The Bertz CT molecular complexity index is 1300. The minimum Gasteiger partial charge on any atom is -0.494 e. The van der Waals surface area contributed by atoms with Crippen LogP contribution in [-0.2, 0) is 11.3 Å². The van der Waals surface area contributed by atoms with Crippen LogP contribution in [0.4, 0.5) is 8.78 Å². The molecule has 0 spiro atoms. The van der Waals surface area contributed by atoms with Gasteiger partial charge in [0.2, 0.25) is 5.88 Å². The van der Waals surface area contributed by atoms with Gasteiger partial charge in [0.15, 0.2) is 5.82 Å². The predicted octanol–water partition coefficient (Wildman–Crippen LogP) is 4.78. The van der Waals surface area contributed by atoms with Crippen LogP contribution in [0, 0.1) is 11.6 Å². The molecule has 170 valence electrons. The third-order valence-electron chi connectivity index (χ3n) is 5.60. The van der Waals surface area contributed by atoms with Crippen molar-refractivity contribution in [3.8, 4) is 23.1 Å². The Morgan fingerprint density at radius 3 is 2.67 bits per heavy atom. The molecule has 1 saturated heterocycles. The summed E-state index contributed by atoms with van der Waals surface area (Å²) in [4.78, 5) is 8.75. The summed E-state index contributed by atoms with van der Waals surface area (Å²) in [6.07, 6.45) is 1.51. The Labute approximate surface area is 188 Å². The van der Waals surface area contributed by atoms with Crippen LogP contribution in [0.25, 0.3) is 22.4 Å². The Morgan fingerprint density at radius 1 is 1.15 bits per heavy atom. The molecule has 0 bridgehead atoms. The summed E-state index contributed by atoms with van der Waals surface area (Å²) in [6, 6.07) is 11.1. The zero-order valence-corrected chi connectivity index (χ0v) is 18.0. The van der Waals surface area contributed by atoms with Crippen molar-refractivity contribution < 1.29 is 23.4 Å². The molecule has 0 radical (unpaired) electrons. The average Bonchev–Trinajstić information content (AvgIpc) is 3.45. The van der Waals surface area contributed by atoms with Crippen LogP contribution < -0.4 is 4.74 Å². The molecule has 4 aromatic rings. The second-order valence-electron chi connectivity index (χ2n) is 7.80. The monoisotopic (exact) mass is 452 g/mol. The van der Waals surface area contributed by atoms with Gasteiger partial charge < -0.3 is 14.6 Å². The van der Waals surface area contributed by atoms with Crippen LogP contribution in [0.1, 0.15) is 37.1 Å². The van der Waals surface area contributed by atoms with Crippen molar-refractivity contribution in [1.82, 2.24) is 19.7 Å². The fraction of sp³-hybridized carbons (Fsp3) is 0.292. The zero-order valence-electron chi connectivity index (χ0n) is 18.0. The van der Waals surface area contributed by atoms with Gasteiger partial charge in [-0.1, -0.05) is 18.2 Å². The van der Waals surface area contributed by atoms with Crippen molar-refractivity contribution in [1.29, 1.82) is 0 Å². The molecular formula is C24H22F2N4O3. The van der Waals surface area contributed by atoms with Crippen LogP contribution in [0.3, 0.4) is 0 Å². The molecule has 1 aliphatic heterocycles. The van der Waals surface area contributed by atoms with E-state index in [4.69, 9.17) is 9.47 Å². The number of nitrogens with zero attached hydrogens (tertiary/aromatic N) is 4. The second kappa shape index (κ2) is 8.74. The molecule has 2 aromatic carbocycles. The van der Waals surface area contributed by atoms with E-state index in [-0.39, 0.29) is 35.7 Å². The first-order valence-electron chi connectivity index (χ1n) is 10.8. The first kappa shape index (κ1) is 21.3. The Kier molecular flexibility index (Phi) is 5.63. The molecule has 7 nitrogen and oxygen atoms in total. The smallest absolute Gasteiger partial charge is 0.214 e. The predicted molar refractivity (Wildman–Crippen MR) is 117 cm³/mol. The Morgan fingerprint density at radius 2 is 1.94 bits per heavy atom. The summed E-state index contributed by atoms with van der Waals surface area (Å²) in [5.74, 6) is -1.25. The molecule has 33 heavy (non-hydrogen) atoms. The number of hydrogen-bond donors (Lipinski definition) is 1. The number of para-hydroxylation sites is 1. The molecule has 0 saturated carbocycles. The first-order valence-corrected chi connectivity index (χ1v) is 10.8. The molecule has 1 N–H and O–H groups in total. The summed E-state index contributed by atoms with van der Waals surface area (Å²) in [6.45, 7) is 2.56. The lowest BCUT2D eigenvalue weighted by Crippen LogP contribution is -2.07. The highest BCUT2D eigenvalue weighted by molar-refractivity contribution is 5.91. The van der Waals surface area contributed by atoms with Crippen LogP contribution in [0.2, 0.25) is 0 Å². The van der Waals surface area contributed by atoms with Crippen LogP contribution >= 0.6 is 0 Å². The van der Waals surface area contributed by atoms with E-state index in [0.29, 0.717) is 35.5 Å². The molecule has 3 heterocycles. The maximum absolute atomic E-state index is 14.7. The fourth-order valence-corrected chi connectivity index (χ4v) is 4.08. The number of benzene rings is 2. The van der Waals surface area contributed by atoms with Gasteiger partial charge in [0.25, 0.3) is 0 Å². The molecule has 1 unspecified atom stereocenters. The second-order valence-corrected chi connectivity index (χ2v) is 7.80. The summed E-state index contributed by atoms with van der Waals surface area (Å²) >= 11 is 0. The lowest BCUT2D eigenvalue weighted by molar-refractivity contribution is 0.108. The standard InChI is InChI=1S/C24H22F2N4O3/c1-2-32-14-10-17(25)16(18(26)11-14)13-30-20-7-4-3-6-15(20)23(29-30)24-27-19(12-22(31)28-24)21-8-5-9-33-21/h3-4,6-7,10-12,21H,2,5,8-9,13H2,1H3,(H,27,28,31). The van der Waals surface area contributed by atoms with E-state index in [9.17, 15) is 13.9 Å². The summed E-state index contributed by atoms with van der Waals surface area (Å²) in [7, 11) is 0. The molecule has 5 rings (SSSR count). The van der Waals surface area contributed by atoms with Crippen molar-refractivity contribution >= 4 is 10.9 Å². The number of rotatable bonds is 6. The Balaban J connectivity index is 1.58. The Hall–Kier alpha value is -3.59. The van der Waals surface area contributed by atoms with Crippen LogP contribution in [0.15, 0.2) is 42.5 Å². The molecule has 0 aliphatic carbocycles. The normalized spacial score (nSPS) is 15.9. The summed E-state index contributed by atoms with van der Waals surface area (Å²) in [5.41, 5.74) is 1.52. The van der Waals surface area contributed by atoms with Crippen molar-refractivity contribution in [3.63, 3.8) is 0 Å². The fourth-order valence-electron chi connectivity index (χ4n) is 4.08. The summed E-state index contributed by atoms with van der Waals surface area (Å²) in [5, 5.41) is 15.5. The SMILES string of the molecule is CCOc1cc(F)c(Cn2nc(-c3nc(O)cc(C4CCCO4)n3)c3ccccc32)c(F)c1. The quantitative estimate of drug-likeness (QED) is 0.454. The van der Waals surface area contributed by atoms with Crippen molar-refractivity contribution in [2.24, 2.45) is 0 Å². The van der Waals surface area contributed by atoms with Gasteiger partial charge in [0.1, 0.15) is 23.1 Å². The van der Waals surface area contributed by atoms with E-state index in [2.05, 4.69) is 15.1 Å². The molecule has 1 atom stereocenters. The zero-order chi connectivity index (χ0) is 22.9. The van der Waals surface area contributed by atoms with E-state index in [1.807, 2.05) is 18.2 Å². The number of hydrogen-bond acceptors (Lipinski definition) is 6. The van der Waals surface area contributed by atoms with Gasteiger partial charge in [-0.2, -0.15) is 10.1 Å².